The van der Waals surface area contributed by atoms with Gasteiger partial charge in [-0.15, -0.1) is 11.8 Å². The van der Waals surface area contributed by atoms with Gasteiger partial charge in [0.25, 0.3) is 5.91 Å². The first-order valence-corrected chi connectivity index (χ1v) is 10.2. The number of primary amides is 1. The molecule has 9 heteroatoms. The zero-order valence-corrected chi connectivity index (χ0v) is 17.2. The predicted octanol–water partition coefficient (Wildman–Crippen LogP) is 3.47. The molecule has 6 nitrogen and oxygen atoms in total. The average Bonchev–Trinajstić information content (AvgIpc) is 2.63. The smallest absolute Gasteiger partial charge is 0.253 e. The van der Waals surface area contributed by atoms with Crippen molar-refractivity contribution in [3.63, 3.8) is 0 Å². The van der Waals surface area contributed by atoms with Gasteiger partial charge in [0.1, 0.15) is 0 Å². The van der Waals surface area contributed by atoms with E-state index in [-0.39, 0.29) is 24.6 Å². The quantitative estimate of drug-likeness (QED) is 0.556. The van der Waals surface area contributed by atoms with Crippen LogP contribution in [-0.4, -0.2) is 30.0 Å². The van der Waals surface area contributed by atoms with Crippen LogP contribution in [0.2, 0.25) is 10.0 Å². The molecule has 148 valence electrons. The number of anilines is 1. The summed E-state index contributed by atoms with van der Waals surface area (Å²) in [4.78, 5) is 35.3. The van der Waals surface area contributed by atoms with Gasteiger partial charge >= 0.3 is 0 Å². The van der Waals surface area contributed by atoms with Crippen LogP contribution in [0.4, 0.5) is 5.69 Å². The normalized spacial score (nSPS) is 10.4. The van der Waals surface area contributed by atoms with Gasteiger partial charge in [0.2, 0.25) is 11.8 Å². The van der Waals surface area contributed by atoms with E-state index in [1.807, 2.05) is 6.07 Å². The summed E-state index contributed by atoms with van der Waals surface area (Å²) in [5.41, 5.74) is 6.65. The summed E-state index contributed by atoms with van der Waals surface area (Å²) in [5.74, 6) is -0.389. The number of rotatable bonds is 9. The first-order chi connectivity index (χ1) is 13.4. The van der Waals surface area contributed by atoms with E-state index in [4.69, 9.17) is 28.9 Å². The number of benzene rings is 2. The van der Waals surface area contributed by atoms with Gasteiger partial charge in [-0.25, -0.2) is 0 Å². The second kappa shape index (κ2) is 10.9. The lowest BCUT2D eigenvalue weighted by molar-refractivity contribution is -0.118. The molecular weight excluding hydrogens is 421 g/mol. The first-order valence-electron chi connectivity index (χ1n) is 8.34. The van der Waals surface area contributed by atoms with E-state index in [0.29, 0.717) is 27.0 Å². The molecule has 0 saturated heterocycles. The molecule has 0 saturated carbocycles. The third kappa shape index (κ3) is 7.07. The highest BCUT2D eigenvalue weighted by atomic mass is 35.5. The molecule has 3 amide bonds. The summed E-state index contributed by atoms with van der Waals surface area (Å²) < 4.78 is 0. The molecule has 0 aliphatic rings. The summed E-state index contributed by atoms with van der Waals surface area (Å²) in [6, 6.07) is 11.9. The molecule has 2 aromatic carbocycles. The Balaban J connectivity index is 1.89. The lowest BCUT2D eigenvalue weighted by atomic mass is 10.1. The van der Waals surface area contributed by atoms with E-state index >= 15 is 0 Å². The van der Waals surface area contributed by atoms with Gasteiger partial charge in [0.15, 0.2) is 0 Å². The molecule has 0 aliphatic heterocycles. The number of para-hydroxylation sites is 1. The van der Waals surface area contributed by atoms with Crippen molar-refractivity contribution in [1.29, 1.82) is 0 Å². The fraction of sp³-hybridized carbons (Fsp3) is 0.211. The third-order valence-electron chi connectivity index (χ3n) is 3.61. The summed E-state index contributed by atoms with van der Waals surface area (Å²) in [6.07, 6.45) is 0.0458. The van der Waals surface area contributed by atoms with Crippen molar-refractivity contribution in [3.8, 4) is 0 Å². The van der Waals surface area contributed by atoms with E-state index in [0.717, 1.165) is 5.56 Å². The van der Waals surface area contributed by atoms with Crippen LogP contribution in [0.25, 0.3) is 0 Å². The number of amides is 3. The Labute approximate surface area is 177 Å². The summed E-state index contributed by atoms with van der Waals surface area (Å²) in [7, 11) is 0. The molecule has 28 heavy (non-hydrogen) atoms. The van der Waals surface area contributed by atoms with Gasteiger partial charge in [0.05, 0.1) is 17.0 Å². The highest BCUT2D eigenvalue weighted by Crippen LogP contribution is 2.25. The maximum Gasteiger partial charge on any atom is 0.253 e. The van der Waals surface area contributed by atoms with Crippen molar-refractivity contribution in [2.75, 3.05) is 17.6 Å². The Morgan fingerprint density at radius 1 is 1.07 bits per heavy atom. The number of hydrogen-bond acceptors (Lipinski definition) is 4. The monoisotopic (exact) mass is 439 g/mol. The van der Waals surface area contributed by atoms with Crippen molar-refractivity contribution < 1.29 is 14.4 Å². The molecule has 0 unspecified atom stereocenters. The van der Waals surface area contributed by atoms with E-state index in [1.165, 1.54) is 11.8 Å². The average molecular weight is 440 g/mol. The second-order valence-electron chi connectivity index (χ2n) is 5.79. The number of carbonyl (C=O) groups excluding carboxylic acids is 3. The molecule has 0 heterocycles. The maximum atomic E-state index is 12.2. The lowest BCUT2D eigenvalue weighted by Crippen LogP contribution is -2.29. The zero-order chi connectivity index (χ0) is 20.5. The van der Waals surface area contributed by atoms with Gasteiger partial charge in [-0.1, -0.05) is 41.4 Å². The summed E-state index contributed by atoms with van der Waals surface area (Å²) in [6.45, 7) is 0.133. The van der Waals surface area contributed by atoms with Crippen molar-refractivity contribution in [1.82, 2.24) is 5.32 Å². The van der Waals surface area contributed by atoms with Crippen molar-refractivity contribution in [2.24, 2.45) is 5.73 Å². The minimum atomic E-state index is -0.500. The van der Waals surface area contributed by atoms with Gasteiger partial charge in [0, 0.05) is 28.8 Å². The molecule has 2 aromatic rings. The van der Waals surface area contributed by atoms with Crippen molar-refractivity contribution in [2.45, 2.75) is 12.2 Å². The molecule has 0 spiro atoms. The highest BCUT2D eigenvalue weighted by Gasteiger charge is 2.13. The standard InChI is InChI=1S/C19H19Cl2N3O3S/c20-13-6-5-12(15(21)9-13)10-28-11-18(26)24-16-4-2-1-3-14(16)19(27)23-8-7-17(22)25/h1-6,9H,7-8,10-11H2,(H2,22,25)(H,23,27)(H,24,26). The Bertz CT molecular complexity index is 877. The minimum absolute atomic E-state index is 0.0458. The van der Waals surface area contributed by atoms with Crippen molar-refractivity contribution in [3.05, 3.63) is 63.6 Å². The second-order valence-corrected chi connectivity index (χ2v) is 7.62. The molecule has 0 bridgehead atoms. The summed E-state index contributed by atoms with van der Waals surface area (Å²) >= 11 is 13.4. The molecule has 4 N–H and O–H groups in total. The topological polar surface area (TPSA) is 101 Å². The fourth-order valence-electron chi connectivity index (χ4n) is 2.26. The van der Waals surface area contributed by atoms with E-state index in [9.17, 15) is 14.4 Å². The Kier molecular flexibility index (Phi) is 8.63. The van der Waals surface area contributed by atoms with Crippen LogP contribution in [0, 0.1) is 0 Å². The van der Waals surface area contributed by atoms with Gasteiger partial charge in [-0.05, 0) is 29.8 Å². The minimum Gasteiger partial charge on any atom is -0.370 e. The Morgan fingerprint density at radius 3 is 2.54 bits per heavy atom. The molecule has 0 aliphatic carbocycles. The number of nitrogens with two attached hydrogens (primary N) is 1. The van der Waals surface area contributed by atoms with Gasteiger partial charge in [-0.2, -0.15) is 0 Å². The van der Waals surface area contributed by atoms with Crippen LogP contribution in [0.15, 0.2) is 42.5 Å². The molecular formula is C19H19Cl2N3O3S. The molecule has 2 rings (SSSR count). The van der Waals surface area contributed by atoms with Crippen LogP contribution in [0.1, 0.15) is 22.3 Å². The van der Waals surface area contributed by atoms with Gasteiger partial charge < -0.3 is 16.4 Å². The molecule has 0 aromatic heterocycles. The Hall–Kier alpha value is -2.22. The number of thioether (sulfide) groups is 1. The first kappa shape index (κ1) is 22.1. The number of halogens is 2. The Morgan fingerprint density at radius 2 is 1.82 bits per heavy atom. The van der Waals surface area contributed by atoms with Crippen LogP contribution in [0.3, 0.4) is 0 Å². The number of nitrogens with one attached hydrogen (secondary N) is 2. The third-order valence-corrected chi connectivity index (χ3v) is 5.18. The zero-order valence-electron chi connectivity index (χ0n) is 14.8. The van der Waals surface area contributed by atoms with Crippen LogP contribution >= 0.6 is 35.0 Å². The molecule has 0 radical (unpaired) electrons. The van der Waals surface area contributed by atoms with E-state index in [2.05, 4.69) is 10.6 Å². The van der Waals surface area contributed by atoms with Crippen LogP contribution in [0.5, 0.6) is 0 Å². The largest absolute Gasteiger partial charge is 0.370 e. The lowest BCUT2D eigenvalue weighted by Gasteiger charge is -2.11. The number of hydrogen-bond donors (Lipinski definition) is 3. The number of carbonyl (C=O) groups is 3. The van der Waals surface area contributed by atoms with Crippen LogP contribution in [-0.2, 0) is 15.3 Å². The van der Waals surface area contributed by atoms with Crippen LogP contribution < -0.4 is 16.4 Å². The predicted molar refractivity (Wildman–Crippen MR) is 114 cm³/mol. The molecule has 0 fully saturated rings. The molecule has 0 atom stereocenters. The maximum absolute atomic E-state index is 12.2. The van der Waals surface area contributed by atoms with Gasteiger partial charge in [-0.3, -0.25) is 14.4 Å². The highest BCUT2D eigenvalue weighted by molar-refractivity contribution is 7.99. The summed E-state index contributed by atoms with van der Waals surface area (Å²) in [5, 5.41) is 6.44. The van der Waals surface area contributed by atoms with E-state index in [1.54, 1.807) is 36.4 Å². The SMILES string of the molecule is NC(=O)CCNC(=O)c1ccccc1NC(=O)CSCc1ccc(Cl)cc1Cl. The fourth-order valence-corrected chi connectivity index (χ4v) is 3.65. The van der Waals surface area contributed by atoms with E-state index < -0.39 is 11.8 Å². The van der Waals surface area contributed by atoms with Crippen molar-refractivity contribution >= 4 is 58.4 Å².